The zero-order chi connectivity index (χ0) is 20.6. The summed E-state index contributed by atoms with van der Waals surface area (Å²) in [7, 11) is 0. The average molecular weight is 381 g/mol. The molecule has 0 aromatic heterocycles. The lowest BCUT2D eigenvalue weighted by Gasteiger charge is -2.63. The van der Waals surface area contributed by atoms with Gasteiger partial charge in [-0.1, -0.05) is 32.8 Å². The van der Waals surface area contributed by atoms with Crippen molar-refractivity contribution in [1.82, 2.24) is 0 Å². The second-order valence-electron chi connectivity index (χ2n) is 9.95. The van der Waals surface area contributed by atoms with Gasteiger partial charge >= 0.3 is 11.9 Å². The zero-order valence-electron chi connectivity index (χ0n) is 17.7. The van der Waals surface area contributed by atoms with E-state index in [0.717, 1.165) is 31.3 Å². The maximum atomic E-state index is 11.7. The van der Waals surface area contributed by atoms with Crippen molar-refractivity contribution in [3.05, 3.63) is 11.6 Å². The molecule has 2 fully saturated rings. The van der Waals surface area contributed by atoms with E-state index in [2.05, 4.69) is 20.8 Å². The number of carbonyl (C=O) groups excluding carboxylic acids is 1. The normalized spacial score (nSPS) is 38.8. The molecule has 0 aromatic carbocycles. The van der Waals surface area contributed by atoms with Gasteiger partial charge in [-0.2, -0.15) is 0 Å². The minimum atomic E-state index is -0.956. The number of carbonyl (C=O) groups is 2. The standard InChI is InChI=1S/C22H36O5/c1-14(12-18(24)25)8-9-17-21(5)11-7-10-20(3,4)19(21)16(27-15(2)23)13-22(17,6)26/h12,16-17,19,26H,7-11,13H2,1-6H3,(H,24,25). The number of allylic oxidation sites excluding steroid dienone is 1. The minimum Gasteiger partial charge on any atom is -0.478 e. The van der Waals surface area contributed by atoms with E-state index >= 15 is 0 Å². The van der Waals surface area contributed by atoms with E-state index in [1.807, 2.05) is 13.8 Å². The Hall–Kier alpha value is -1.36. The molecule has 0 aliphatic heterocycles. The van der Waals surface area contributed by atoms with Gasteiger partial charge in [0.05, 0.1) is 5.60 Å². The largest absolute Gasteiger partial charge is 0.478 e. The summed E-state index contributed by atoms with van der Waals surface area (Å²) in [6, 6.07) is 0. The monoisotopic (exact) mass is 380 g/mol. The van der Waals surface area contributed by atoms with E-state index in [9.17, 15) is 14.7 Å². The van der Waals surface area contributed by atoms with Crippen LogP contribution in [0.25, 0.3) is 0 Å². The Kier molecular flexibility index (Phi) is 6.15. The summed E-state index contributed by atoms with van der Waals surface area (Å²) in [5.41, 5.74) is -0.279. The van der Waals surface area contributed by atoms with E-state index in [4.69, 9.17) is 9.84 Å². The fourth-order valence-electron chi connectivity index (χ4n) is 6.44. The fourth-order valence-corrected chi connectivity index (χ4v) is 6.44. The molecule has 0 bridgehead atoms. The highest BCUT2D eigenvalue weighted by atomic mass is 16.5. The fraction of sp³-hybridized carbons (Fsp3) is 0.818. The van der Waals surface area contributed by atoms with Gasteiger partial charge in [0.25, 0.3) is 0 Å². The molecule has 2 N–H and O–H groups in total. The number of carboxylic acid groups (broad SMARTS) is 1. The third-order valence-electron chi connectivity index (χ3n) is 7.14. The molecular weight excluding hydrogens is 344 g/mol. The quantitative estimate of drug-likeness (QED) is 0.548. The van der Waals surface area contributed by atoms with Crippen LogP contribution in [-0.2, 0) is 14.3 Å². The molecule has 2 rings (SSSR count). The first-order valence-electron chi connectivity index (χ1n) is 10.1. The van der Waals surface area contributed by atoms with Crippen LogP contribution in [0.15, 0.2) is 11.6 Å². The van der Waals surface area contributed by atoms with E-state index in [0.29, 0.717) is 12.8 Å². The van der Waals surface area contributed by atoms with Crippen LogP contribution >= 0.6 is 0 Å². The number of aliphatic hydroxyl groups is 1. The number of fused-ring (bicyclic) bond motifs is 1. The third-order valence-corrected chi connectivity index (χ3v) is 7.14. The zero-order valence-corrected chi connectivity index (χ0v) is 17.7. The SMILES string of the molecule is CC(=O)OC1CC(C)(O)C(CCC(C)=CC(=O)O)C2(C)CCCC(C)(C)C12. The van der Waals surface area contributed by atoms with E-state index in [1.165, 1.54) is 13.0 Å². The van der Waals surface area contributed by atoms with Gasteiger partial charge in [-0.05, 0) is 56.3 Å². The van der Waals surface area contributed by atoms with Crippen molar-refractivity contribution >= 4 is 11.9 Å². The molecule has 5 unspecified atom stereocenters. The number of aliphatic carboxylic acids is 1. The minimum absolute atomic E-state index is 0.0216. The van der Waals surface area contributed by atoms with Crippen molar-refractivity contribution in [3.8, 4) is 0 Å². The van der Waals surface area contributed by atoms with Gasteiger partial charge in [0, 0.05) is 25.3 Å². The molecule has 27 heavy (non-hydrogen) atoms. The topological polar surface area (TPSA) is 83.8 Å². The number of hydrogen-bond acceptors (Lipinski definition) is 4. The van der Waals surface area contributed by atoms with Gasteiger partial charge in [0.1, 0.15) is 6.10 Å². The molecule has 0 saturated heterocycles. The lowest BCUT2D eigenvalue weighted by Crippen LogP contribution is -2.63. The van der Waals surface area contributed by atoms with Crippen LogP contribution < -0.4 is 0 Å². The van der Waals surface area contributed by atoms with Gasteiger partial charge in [0.2, 0.25) is 0 Å². The molecule has 2 saturated carbocycles. The van der Waals surface area contributed by atoms with Gasteiger partial charge in [-0.15, -0.1) is 0 Å². The predicted molar refractivity (Wildman–Crippen MR) is 104 cm³/mol. The van der Waals surface area contributed by atoms with E-state index < -0.39 is 11.6 Å². The summed E-state index contributed by atoms with van der Waals surface area (Å²) < 4.78 is 5.74. The summed E-state index contributed by atoms with van der Waals surface area (Å²) >= 11 is 0. The second kappa shape index (κ2) is 7.57. The summed E-state index contributed by atoms with van der Waals surface area (Å²) in [6.45, 7) is 11.9. The first-order valence-corrected chi connectivity index (χ1v) is 10.1. The smallest absolute Gasteiger partial charge is 0.328 e. The highest BCUT2D eigenvalue weighted by Gasteiger charge is 2.62. The van der Waals surface area contributed by atoms with Crippen LogP contribution in [0, 0.1) is 22.7 Å². The Morgan fingerprint density at radius 2 is 1.78 bits per heavy atom. The average Bonchev–Trinajstić information content (AvgIpc) is 2.42. The Balaban J connectivity index is 2.39. The Morgan fingerprint density at radius 3 is 2.33 bits per heavy atom. The van der Waals surface area contributed by atoms with Gasteiger partial charge in [-0.3, -0.25) is 4.79 Å². The maximum absolute atomic E-state index is 11.7. The molecule has 0 amide bonds. The van der Waals surface area contributed by atoms with Gasteiger partial charge in [0.15, 0.2) is 0 Å². The third kappa shape index (κ3) is 4.56. The number of esters is 1. The van der Waals surface area contributed by atoms with Crippen LogP contribution in [0.1, 0.15) is 80.1 Å². The van der Waals surface area contributed by atoms with Crippen molar-refractivity contribution in [1.29, 1.82) is 0 Å². The molecule has 0 heterocycles. The predicted octanol–water partition coefficient (Wildman–Crippen LogP) is 4.33. The number of ether oxygens (including phenoxy) is 1. The van der Waals surface area contributed by atoms with Gasteiger partial charge < -0.3 is 14.9 Å². The molecule has 2 aliphatic carbocycles. The van der Waals surface area contributed by atoms with Gasteiger partial charge in [-0.25, -0.2) is 4.79 Å². The van der Waals surface area contributed by atoms with Crippen molar-refractivity contribution in [2.45, 2.75) is 91.8 Å². The van der Waals surface area contributed by atoms with Crippen LogP contribution in [0.3, 0.4) is 0 Å². The summed E-state index contributed by atoms with van der Waals surface area (Å²) in [6.07, 6.45) is 5.94. The molecule has 0 aromatic rings. The lowest BCUT2D eigenvalue weighted by molar-refractivity contribution is -0.224. The van der Waals surface area contributed by atoms with Crippen molar-refractivity contribution < 1.29 is 24.5 Å². The molecular formula is C22H36O5. The molecule has 5 atom stereocenters. The number of rotatable bonds is 5. The Morgan fingerprint density at radius 1 is 1.15 bits per heavy atom. The highest BCUT2D eigenvalue weighted by Crippen LogP contribution is 2.63. The van der Waals surface area contributed by atoms with Crippen LogP contribution in [0.2, 0.25) is 0 Å². The summed E-state index contributed by atoms with van der Waals surface area (Å²) in [4.78, 5) is 22.7. The van der Waals surface area contributed by atoms with Crippen LogP contribution in [-0.4, -0.2) is 33.9 Å². The van der Waals surface area contributed by atoms with Crippen molar-refractivity contribution in [2.75, 3.05) is 0 Å². The molecule has 5 heteroatoms. The summed E-state index contributed by atoms with van der Waals surface area (Å²) in [5.74, 6) is -1.02. The molecule has 5 nitrogen and oxygen atoms in total. The van der Waals surface area contributed by atoms with Crippen LogP contribution in [0.5, 0.6) is 0 Å². The maximum Gasteiger partial charge on any atom is 0.328 e. The number of hydrogen-bond donors (Lipinski definition) is 2. The first-order chi connectivity index (χ1) is 12.3. The van der Waals surface area contributed by atoms with E-state index in [-0.39, 0.29) is 34.7 Å². The summed E-state index contributed by atoms with van der Waals surface area (Å²) in [5, 5.41) is 20.3. The first kappa shape index (κ1) is 21.9. The molecule has 154 valence electrons. The lowest BCUT2D eigenvalue weighted by atomic mass is 9.44. The van der Waals surface area contributed by atoms with Crippen LogP contribution in [0.4, 0.5) is 0 Å². The molecule has 2 aliphatic rings. The second-order valence-corrected chi connectivity index (χ2v) is 9.95. The molecule has 0 spiro atoms. The Bertz CT molecular complexity index is 618. The highest BCUT2D eigenvalue weighted by molar-refractivity contribution is 5.80. The Labute approximate surface area is 163 Å². The van der Waals surface area contributed by atoms with Crippen molar-refractivity contribution in [3.63, 3.8) is 0 Å². The molecule has 0 radical (unpaired) electrons. The number of carboxylic acids is 1. The van der Waals surface area contributed by atoms with Crippen molar-refractivity contribution in [2.24, 2.45) is 22.7 Å². The van der Waals surface area contributed by atoms with E-state index in [1.54, 1.807) is 0 Å².